The highest BCUT2D eigenvalue weighted by Gasteiger charge is 2.54. The van der Waals surface area contributed by atoms with Gasteiger partial charge in [-0.05, 0) is 41.5 Å². The summed E-state index contributed by atoms with van der Waals surface area (Å²) in [6.07, 6.45) is 1.62. The Morgan fingerprint density at radius 1 is 1.14 bits per heavy atom. The summed E-state index contributed by atoms with van der Waals surface area (Å²) in [4.78, 5) is 25.7. The number of fused-ring (bicyclic) bond motifs is 4. The first-order valence-electron chi connectivity index (χ1n) is 8.98. The summed E-state index contributed by atoms with van der Waals surface area (Å²) >= 11 is 6.19. The largest absolute Gasteiger partial charge is 0.325 e. The number of anilines is 2. The summed E-state index contributed by atoms with van der Waals surface area (Å²) in [6, 6.07) is 14.4. The van der Waals surface area contributed by atoms with E-state index in [-0.39, 0.29) is 18.2 Å². The van der Waals surface area contributed by atoms with E-state index in [9.17, 15) is 9.59 Å². The molecule has 1 atom stereocenters. The van der Waals surface area contributed by atoms with Crippen molar-refractivity contribution in [3.8, 4) is 6.07 Å². The number of aromatic nitrogens is 2. The molecule has 5 rings (SSSR count). The van der Waals surface area contributed by atoms with Crippen LogP contribution in [0.25, 0.3) is 0 Å². The van der Waals surface area contributed by atoms with Crippen LogP contribution in [0.3, 0.4) is 0 Å². The molecule has 1 spiro atoms. The smallest absolute Gasteiger partial charge is 0.240 e. The number of carbonyl (C=O) groups is 2. The molecular formula is C21H14ClN5O2. The molecule has 142 valence electrons. The van der Waals surface area contributed by atoms with Gasteiger partial charge in [0.2, 0.25) is 11.8 Å². The van der Waals surface area contributed by atoms with E-state index >= 15 is 0 Å². The number of amides is 2. The maximum Gasteiger partial charge on any atom is 0.240 e. The molecule has 2 aliphatic rings. The molecule has 0 radical (unpaired) electrons. The Kier molecular flexibility index (Phi) is 3.73. The first-order valence-corrected chi connectivity index (χ1v) is 9.36. The van der Waals surface area contributed by atoms with Crippen molar-refractivity contribution in [2.45, 2.75) is 18.4 Å². The summed E-state index contributed by atoms with van der Waals surface area (Å²) < 4.78 is 1.66. The van der Waals surface area contributed by atoms with Crippen molar-refractivity contribution in [3.63, 3.8) is 0 Å². The van der Waals surface area contributed by atoms with Crippen LogP contribution in [0.1, 0.15) is 28.7 Å². The molecule has 3 aromatic rings. The van der Waals surface area contributed by atoms with Crippen LogP contribution >= 0.6 is 11.6 Å². The summed E-state index contributed by atoms with van der Waals surface area (Å²) in [5.74, 6) is -0.0283. The number of nitriles is 1. The molecule has 0 aliphatic carbocycles. The van der Waals surface area contributed by atoms with Crippen LogP contribution in [-0.4, -0.2) is 21.6 Å². The molecule has 8 heteroatoms. The third kappa shape index (κ3) is 2.53. The van der Waals surface area contributed by atoms with Crippen LogP contribution in [0.2, 0.25) is 5.02 Å². The van der Waals surface area contributed by atoms with Crippen LogP contribution in [0.15, 0.2) is 48.7 Å². The minimum Gasteiger partial charge on any atom is -0.325 e. The van der Waals surface area contributed by atoms with Gasteiger partial charge in [0.05, 0.1) is 24.4 Å². The fourth-order valence-corrected chi connectivity index (χ4v) is 4.26. The van der Waals surface area contributed by atoms with Crippen molar-refractivity contribution in [1.82, 2.24) is 9.78 Å². The molecule has 1 unspecified atom stereocenters. The van der Waals surface area contributed by atoms with E-state index < -0.39 is 5.41 Å². The van der Waals surface area contributed by atoms with Crippen LogP contribution in [0.4, 0.5) is 11.5 Å². The zero-order chi connectivity index (χ0) is 20.2. The van der Waals surface area contributed by atoms with Crippen LogP contribution in [0, 0.1) is 11.3 Å². The second-order valence-electron chi connectivity index (χ2n) is 7.15. The van der Waals surface area contributed by atoms with Crippen LogP contribution < -0.4 is 10.6 Å². The minimum absolute atomic E-state index is 0.0122. The van der Waals surface area contributed by atoms with Crippen molar-refractivity contribution >= 4 is 34.9 Å². The summed E-state index contributed by atoms with van der Waals surface area (Å²) in [6.45, 7) is 0.390. The molecule has 7 nitrogen and oxygen atoms in total. The SMILES string of the molecule is N#Cc1ccc(Cn2ncc3c2NC(=O)CC32C(=O)Nc3ccc(Cl)cc32)cc1. The van der Waals surface area contributed by atoms with Crippen LogP contribution in [0.5, 0.6) is 0 Å². The zero-order valence-corrected chi connectivity index (χ0v) is 15.8. The third-order valence-corrected chi connectivity index (χ3v) is 5.71. The van der Waals surface area contributed by atoms with E-state index in [0.717, 1.165) is 5.56 Å². The van der Waals surface area contributed by atoms with Crippen molar-refractivity contribution in [3.05, 3.63) is 75.9 Å². The van der Waals surface area contributed by atoms with Crippen molar-refractivity contribution < 1.29 is 9.59 Å². The third-order valence-electron chi connectivity index (χ3n) is 5.48. The predicted molar refractivity (Wildman–Crippen MR) is 107 cm³/mol. The van der Waals surface area contributed by atoms with Gasteiger partial charge >= 0.3 is 0 Å². The molecule has 29 heavy (non-hydrogen) atoms. The van der Waals surface area contributed by atoms with Crippen molar-refractivity contribution in [1.29, 1.82) is 5.26 Å². The molecular weight excluding hydrogens is 390 g/mol. The highest BCUT2D eigenvalue weighted by atomic mass is 35.5. The second kappa shape index (κ2) is 6.19. The summed E-state index contributed by atoms with van der Waals surface area (Å²) in [5.41, 5.74) is 2.32. The number of nitrogens with one attached hydrogen (secondary N) is 2. The van der Waals surface area contributed by atoms with E-state index in [1.807, 2.05) is 12.1 Å². The number of hydrogen-bond donors (Lipinski definition) is 2. The Hall–Kier alpha value is -3.63. The quantitative estimate of drug-likeness (QED) is 0.686. The Bertz CT molecular complexity index is 1220. The number of halogens is 1. The predicted octanol–water partition coefficient (Wildman–Crippen LogP) is 3.04. The van der Waals surface area contributed by atoms with E-state index in [1.54, 1.807) is 41.2 Å². The lowest BCUT2D eigenvalue weighted by Gasteiger charge is -2.31. The lowest BCUT2D eigenvalue weighted by Crippen LogP contribution is -2.43. The van der Waals surface area contributed by atoms with Gasteiger partial charge in [-0.15, -0.1) is 0 Å². The fourth-order valence-electron chi connectivity index (χ4n) is 4.09. The van der Waals surface area contributed by atoms with Crippen LogP contribution in [-0.2, 0) is 21.5 Å². The number of rotatable bonds is 2. The average molecular weight is 404 g/mol. The van der Waals surface area contributed by atoms with Gasteiger partial charge in [-0.1, -0.05) is 23.7 Å². The van der Waals surface area contributed by atoms with Gasteiger partial charge in [-0.2, -0.15) is 10.4 Å². The van der Waals surface area contributed by atoms with Gasteiger partial charge in [0.15, 0.2) is 0 Å². The Morgan fingerprint density at radius 3 is 2.69 bits per heavy atom. The first kappa shape index (κ1) is 17.5. The molecule has 2 aliphatic heterocycles. The van der Waals surface area contributed by atoms with Gasteiger partial charge in [0, 0.05) is 22.7 Å². The molecule has 0 saturated carbocycles. The Morgan fingerprint density at radius 2 is 1.93 bits per heavy atom. The van der Waals surface area contributed by atoms with E-state index in [0.29, 0.717) is 39.8 Å². The van der Waals surface area contributed by atoms with E-state index in [1.165, 1.54) is 0 Å². The minimum atomic E-state index is -1.15. The zero-order valence-electron chi connectivity index (χ0n) is 15.1. The summed E-state index contributed by atoms with van der Waals surface area (Å²) in [7, 11) is 0. The van der Waals surface area contributed by atoms with Gasteiger partial charge in [-0.3, -0.25) is 9.59 Å². The topological polar surface area (TPSA) is 99.8 Å². The second-order valence-corrected chi connectivity index (χ2v) is 7.58. The van der Waals surface area contributed by atoms with Gasteiger partial charge in [-0.25, -0.2) is 4.68 Å². The lowest BCUT2D eigenvalue weighted by atomic mass is 9.72. The molecule has 0 bridgehead atoms. The summed E-state index contributed by atoms with van der Waals surface area (Å²) in [5, 5.41) is 19.6. The number of carbonyl (C=O) groups excluding carboxylic acids is 2. The highest BCUT2D eigenvalue weighted by molar-refractivity contribution is 6.31. The molecule has 2 aromatic carbocycles. The monoisotopic (exact) mass is 403 g/mol. The fraction of sp³-hybridized carbons (Fsp3) is 0.143. The molecule has 0 saturated heterocycles. The van der Waals surface area contributed by atoms with Gasteiger partial charge < -0.3 is 10.6 Å². The maximum atomic E-state index is 13.1. The first-order chi connectivity index (χ1) is 14.0. The lowest BCUT2D eigenvalue weighted by molar-refractivity contribution is -0.125. The molecule has 0 fully saturated rings. The average Bonchev–Trinajstić information content (AvgIpc) is 3.22. The Balaban J connectivity index is 1.62. The Labute approximate surface area is 170 Å². The maximum absolute atomic E-state index is 13.1. The van der Waals surface area contributed by atoms with E-state index in [4.69, 9.17) is 16.9 Å². The normalized spacial score (nSPS) is 19.3. The molecule has 1 aromatic heterocycles. The van der Waals surface area contributed by atoms with Gasteiger partial charge in [0.25, 0.3) is 0 Å². The molecule has 3 heterocycles. The molecule has 2 N–H and O–H groups in total. The van der Waals surface area contributed by atoms with Gasteiger partial charge in [0.1, 0.15) is 11.2 Å². The standard InChI is InChI=1S/C21H14ClN5O2/c22-14-5-6-17-15(7-14)21(20(29)25-17)8-18(28)26-19-16(21)10-24-27(19)11-13-3-1-12(9-23)2-4-13/h1-7,10H,8,11H2,(H,25,29)(H,26,28). The van der Waals surface area contributed by atoms with Crippen molar-refractivity contribution in [2.24, 2.45) is 0 Å². The van der Waals surface area contributed by atoms with E-state index in [2.05, 4.69) is 21.8 Å². The van der Waals surface area contributed by atoms with Crippen molar-refractivity contribution in [2.75, 3.05) is 10.6 Å². The number of benzene rings is 2. The molecule has 2 amide bonds. The highest BCUT2D eigenvalue weighted by Crippen LogP contribution is 2.50. The number of hydrogen-bond acceptors (Lipinski definition) is 4. The number of nitrogens with zero attached hydrogens (tertiary/aromatic N) is 3.